The Morgan fingerprint density at radius 2 is 1.58 bits per heavy atom. The van der Waals surface area contributed by atoms with Crippen LogP contribution in [0.2, 0.25) is 0 Å². The first kappa shape index (κ1) is 14.9. The van der Waals surface area contributed by atoms with E-state index in [1.54, 1.807) is 0 Å². The van der Waals surface area contributed by atoms with Gasteiger partial charge in [0.2, 0.25) is 6.10 Å². The molecule has 24 heavy (non-hydrogen) atoms. The monoisotopic (exact) mass is 322 g/mol. The van der Waals surface area contributed by atoms with E-state index in [2.05, 4.69) is 10.3 Å². The van der Waals surface area contributed by atoms with Gasteiger partial charge in [0.25, 0.3) is 0 Å². The Bertz CT molecular complexity index is 789. The maximum absolute atomic E-state index is 10.7. The number of nitrogens with zero attached hydrogens (tertiary/aromatic N) is 2. The third-order valence-corrected chi connectivity index (χ3v) is 4.49. The average Bonchev–Trinajstić information content (AvgIpc) is 3.21. The van der Waals surface area contributed by atoms with E-state index in [1.165, 1.54) is 0 Å². The topological polar surface area (TPSA) is 63.4 Å². The van der Waals surface area contributed by atoms with Crippen LogP contribution in [-0.4, -0.2) is 34.3 Å². The van der Waals surface area contributed by atoms with Crippen molar-refractivity contribution in [1.29, 1.82) is 0 Å². The zero-order chi connectivity index (χ0) is 16.6. The van der Waals surface area contributed by atoms with E-state index in [4.69, 9.17) is 9.68 Å². The summed E-state index contributed by atoms with van der Waals surface area (Å²) in [4.78, 5) is 11.2. The van der Waals surface area contributed by atoms with Crippen LogP contribution in [0.25, 0.3) is 0 Å². The van der Waals surface area contributed by atoms with Crippen LogP contribution in [-0.2, 0) is 9.68 Å². The molecule has 5 heteroatoms. The van der Waals surface area contributed by atoms with Gasteiger partial charge in [-0.15, -0.1) is 0 Å². The van der Waals surface area contributed by atoms with Crippen LogP contribution < -0.4 is 0 Å². The van der Waals surface area contributed by atoms with E-state index in [0.29, 0.717) is 12.1 Å². The highest BCUT2D eigenvalue weighted by molar-refractivity contribution is 6.05. The molecule has 0 bridgehead atoms. The average molecular weight is 322 g/mol. The molecule has 4 rings (SSSR count). The van der Waals surface area contributed by atoms with Crippen molar-refractivity contribution in [2.45, 2.75) is 31.2 Å². The van der Waals surface area contributed by atoms with Crippen molar-refractivity contribution in [3.8, 4) is 0 Å². The third kappa shape index (κ3) is 2.47. The predicted molar refractivity (Wildman–Crippen MR) is 90.9 cm³/mol. The molecule has 2 aliphatic rings. The highest BCUT2D eigenvalue weighted by Gasteiger charge is 2.52. The Hall–Kier alpha value is -2.66. The van der Waals surface area contributed by atoms with Crippen molar-refractivity contribution in [3.05, 3.63) is 71.8 Å². The molecule has 122 valence electrons. The first-order valence-corrected chi connectivity index (χ1v) is 7.95. The minimum absolute atomic E-state index is 0.526. The van der Waals surface area contributed by atoms with Gasteiger partial charge in [-0.1, -0.05) is 71.0 Å². The van der Waals surface area contributed by atoms with Crippen LogP contribution >= 0.6 is 0 Å². The van der Waals surface area contributed by atoms with Crippen molar-refractivity contribution >= 4 is 11.4 Å². The second-order valence-corrected chi connectivity index (χ2v) is 6.30. The first-order chi connectivity index (χ1) is 11.7. The van der Waals surface area contributed by atoms with E-state index in [9.17, 15) is 5.11 Å². The highest BCUT2D eigenvalue weighted by atomic mass is 16.7. The minimum Gasteiger partial charge on any atom is -0.385 e. The quantitative estimate of drug-likeness (QED) is 0.945. The van der Waals surface area contributed by atoms with Gasteiger partial charge >= 0.3 is 0 Å². The van der Waals surface area contributed by atoms with Gasteiger partial charge in [-0.3, -0.25) is 0 Å². The lowest BCUT2D eigenvalue weighted by Crippen LogP contribution is -2.48. The molecule has 0 fully saturated rings. The minimum atomic E-state index is -0.859. The Kier molecular flexibility index (Phi) is 3.58. The fourth-order valence-corrected chi connectivity index (χ4v) is 3.14. The zero-order valence-electron chi connectivity index (χ0n) is 13.3. The molecule has 0 aliphatic carbocycles. The standard InChI is InChI=1S/C19H18N2O3/c1-19(12-15(20-24-19)13-8-4-2-5-9-13)18-17(22)16(21-23-18)14-10-6-3-7-11-14/h2-11,17-18,22H,12H2,1H3/t17-,18-,19-/m0/s1. The van der Waals surface area contributed by atoms with E-state index in [0.717, 1.165) is 16.8 Å². The molecule has 0 saturated heterocycles. The maximum Gasteiger partial charge on any atom is 0.201 e. The molecule has 2 aromatic carbocycles. The highest BCUT2D eigenvalue weighted by Crippen LogP contribution is 2.36. The van der Waals surface area contributed by atoms with Gasteiger partial charge in [-0.2, -0.15) is 0 Å². The van der Waals surface area contributed by atoms with Gasteiger partial charge in [-0.25, -0.2) is 0 Å². The van der Waals surface area contributed by atoms with E-state index >= 15 is 0 Å². The van der Waals surface area contributed by atoms with Crippen LogP contribution in [0, 0.1) is 0 Å². The van der Waals surface area contributed by atoms with E-state index < -0.39 is 17.8 Å². The molecule has 0 aromatic heterocycles. The summed E-state index contributed by atoms with van der Waals surface area (Å²) >= 11 is 0. The summed E-state index contributed by atoms with van der Waals surface area (Å²) in [6.45, 7) is 1.89. The third-order valence-electron chi connectivity index (χ3n) is 4.49. The predicted octanol–water partition coefficient (Wildman–Crippen LogP) is 2.73. The molecule has 2 aromatic rings. The van der Waals surface area contributed by atoms with Crippen molar-refractivity contribution in [2.24, 2.45) is 10.3 Å². The van der Waals surface area contributed by atoms with Gasteiger partial charge in [-0.05, 0) is 12.5 Å². The molecule has 0 amide bonds. The molecule has 0 spiro atoms. The van der Waals surface area contributed by atoms with Gasteiger partial charge in [0.15, 0.2) is 5.60 Å². The molecule has 0 radical (unpaired) electrons. The van der Waals surface area contributed by atoms with Crippen LogP contribution in [0.1, 0.15) is 24.5 Å². The smallest absolute Gasteiger partial charge is 0.201 e. The lowest BCUT2D eigenvalue weighted by Gasteiger charge is -2.28. The number of aliphatic hydroxyl groups is 1. The number of oxime groups is 2. The van der Waals surface area contributed by atoms with Crippen molar-refractivity contribution < 1.29 is 14.8 Å². The largest absolute Gasteiger partial charge is 0.385 e. The molecule has 2 aliphatic heterocycles. The fraction of sp³-hybridized carbons (Fsp3) is 0.263. The number of aliphatic hydroxyl groups excluding tert-OH is 1. The Morgan fingerprint density at radius 3 is 2.25 bits per heavy atom. The second kappa shape index (κ2) is 5.76. The summed E-state index contributed by atoms with van der Waals surface area (Å²) in [7, 11) is 0. The van der Waals surface area contributed by atoms with E-state index in [-0.39, 0.29) is 0 Å². The summed E-state index contributed by atoms with van der Waals surface area (Å²) in [5.74, 6) is 0. The SMILES string of the molecule is C[C@@]1([C@H]2ON=C(c3ccccc3)[C@@H]2O)CC(c2ccccc2)=NO1. The molecule has 2 heterocycles. The zero-order valence-corrected chi connectivity index (χ0v) is 13.3. The van der Waals surface area contributed by atoms with Crippen molar-refractivity contribution in [3.63, 3.8) is 0 Å². The lowest BCUT2D eigenvalue weighted by molar-refractivity contribution is -0.135. The van der Waals surface area contributed by atoms with Gasteiger partial charge in [0.05, 0.1) is 5.71 Å². The van der Waals surface area contributed by atoms with Crippen molar-refractivity contribution in [2.75, 3.05) is 0 Å². The summed E-state index contributed by atoms with van der Waals surface area (Å²) in [5, 5.41) is 19.0. The number of hydrogen-bond donors (Lipinski definition) is 1. The Balaban J connectivity index is 1.52. The summed E-state index contributed by atoms with van der Waals surface area (Å²) in [6.07, 6.45) is -0.906. The maximum atomic E-state index is 10.7. The molecular weight excluding hydrogens is 304 g/mol. The normalized spacial score (nSPS) is 28.8. The number of hydrogen-bond acceptors (Lipinski definition) is 5. The molecule has 1 N–H and O–H groups in total. The van der Waals surface area contributed by atoms with E-state index in [1.807, 2.05) is 67.6 Å². The molecule has 0 unspecified atom stereocenters. The number of benzene rings is 2. The summed E-state index contributed by atoms with van der Waals surface area (Å²) in [6, 6.07) is 19.4. The Labute approximate surface area is 140 Å². The summed E-state index contributed by atoms with van der Waals surface area (Å²) < 4.78 is 0. The van der Waals surface area contributed by atoms with Crippen LogP contribution in [0.5, 0.6) is 0 Å². The second-order valence-electron chi connectivity index (χ2n) is 6.30. The van der Waals surface area contributed by atoms with Gasteiger partial charge in [0, 0.05) is 12.0 Å². The van der Waals surface area contributed by atoms with Crippen LogP contribution in [0.4, 0.5) is 0 Å². The summed E-state index contributed by atoms with van der Waals surface area (Å²) in [5.41, 5.74) is 2.47. The van der Waals surface area contributed by atoms with Crippen LogP contribution in [0.3, 0.4) is 0 Å². The van der Waals surface area contributed by atoms with Gasteiger partial charge < -0.3 is 14.8 Å². The molecule has 3 atom stereocenters. The van der Waals surface area contributed by atoms with Crippen molar-refractivity contribution in [1.82, 2.24) is 0 Å². The molecule has 0 saturated carbocycles. The Morgan fingerprint density at radius 1 is 0.958 bits per heavy atom. The molecular formula is C19H18N2O3. The molecule has 5 nitrogen and oxygen atoms in total. The van der Waals surface area contributed by atoms with Gasteiger partial charge in [0.1, 0.15) is 11.8 Å². The number of rotatable bonds is 3. The van der Waals surface area contributed by atoms with Crippen LogP contribution in [0.15, 0.2) is 71.0 Å². The first-order valence-electron chi connectivity index (χ1n) is 7.95. The fourth-order valence-electron chi connectivity index (χ4n) is 3.14. The lowest BCUT2D eigenvalue weighted by atomic mass is 9.86.